The number of nitrogens with zero attached hydrogens (tertiary/aromatic N) is 1. The van der Waals surface area contributed by atoms with Gasteiger partial charge < -0.3 is 4.90 Å². The molecule has 1 aromatic carbocycles. The average molecular weight is 313 g/mol. The molecule has 6 heteroatoms. The van der Waals surface area contributed by atoms with Crippen LogP contribution in [-0.4, -0.2) is 49.6 Å². The third-order valence-corrected chi connectivity index (χ3v) is 6.24. The zero-order chi connectivity index (χ0) is 14.6. The second-order valence-corrected chi connectivity index (χ2v) is 8.37. The molecule has 1 heterocycles. The van der Waals surface area contributed by atoms with Gasteiger partial charge in [-0.1, -0.05) is 18.2 Å². The smallest absolute Gasteiger partial charge is 0.223 e. The SMILES string of the molecule is CN(C(=O)CCSc1ccccc1)C1CCS(=O)(=O)C1. The summed E-state index contributed by atoms with van der Waals surface area (Å²) in [5.41, 5.74) is 0. The molecule has 0 aliphatic carbocycles. The summed E-state index contributed by atoms with van der Waals surface area (Å²) in [6.45, 7) is 0. The number of carbonyl (C=O) groups is 1. The molecule has 4 nitrogen and oxygen atoms in total. The number of hydrogen-bond donors (Lipinski definition) is 0. The molecule has 0 radical (unpaired) electrons. The Morgan fingerprint density at radius 1 is 1.35 bits per heavy atom. The van der Waals surface area contributed by atoms with Crippen molar-refractivity contribution in [2.75, 3.05) is 24.3 Å². The topological polar surface area (TPSA) is 54.5 Å². The maximum Gasteiger partial charge on any atom is 0.223 e. The number of sulfone groups is 1. The molecule has 0 N–H and O–H groups in total. The predicted molar refractivity (Wildman–Crippen MR) is 81.6 cm³/mol. The van der Waals surface area contributed by atoms with Gasteiger partial charge in [0.15, 0.2) is 9.84 Å². The largest absolute Gasteiger partial charge is 0.342 e. The molecular weight excluding hydrogens is 294 g/mol. The van der Waals surface area contributed by atoms with Crippen molar-refractivity contribution < 1.29 is 13.2 Å². The van der Waals surface area contributed by atoms with Crippen LogP contribution < -0.4 is 0 Å². The summed E-state index contributed by atoms with van der Waals surface area (Å²) in [6.07, 6.45) is 1.00. The summed E-state index contributed by atoms with van der Waals surface area (Å²) in [4.78, 5) is 14.8. The molecular formula is C14H19NO3S2. The molecule has 1 aromatic rings. The Bertz CT molecular complexity index is 557. The summed E-state index contributed by atoms with van der Waals surface area (Å²) in [7, 11) is -1.23. The Balaban J connectivity index is 1.77. The van der Waals surface area contributed by atoms with E-state index in [2.05, 4.69) is 0 Å². The van der Waals surface area contributed by atoms with Gasteiger partial charge >= 0.3 is 0 Å². The van der Waals surface area contributed by atoms with Crippen LogP contribution in [0.4, 0.5) is 0 Å². The summed E-state index contributed by atoms with van der Waals surface area (Å²) in [5.74, 6) is 1.05. The van der Waals surface area contributed by atoms with Crippen molar-refractivity contribution in [3.63, 3.8) is 0 Å². The van der Waals surface area contributed by atoms with Gasteiger partial charge in [-0.2, -0.15) is 0 Å². The molecule has 20 heavy (non-hydrogen) atoms. The lowest BCUT2D eigenvalue weighted by Crippen LogP contribution is -2.37. The molecule has 0 spiro atoms. The predicted octanol–water partition coefficient (Wildman–Crippen LogP) is 1.81. The van der Waals surface area contributed by atoms with Crippen LogP contribution >= 0.6 is 11.8 Å². The van der Waals surface area contributed by atoms with Crippen molar-refractivity contribution >= 4 is 27.5 Å². The first kappa shape index (κ1) is 15.4. The first-order valence-corrected chi connectivity index (χ1v) is 9.42. The highest BCUT2D eigenvalue weighted by atomic mass is 32.2. The first-order chi connectivity index (χ1) is 9.48. The minimum absolute atomic E-state index is 0.0236. The number of hydrogen-bond acceptors (Lipinski definition) is 4. The maximum atomic E-state index is 12.0. The van der Waals surface area contributed by atoms with Crippen LogP contribution in [0.3, 0.4) is 0 Å². The summed E-state index contributed by atoms with van der Waals surface area (Å²) < 4.78 is 22.8. The Hall–Kier alpha value is -1.01. The Labute approximate surface area is 124 Å². The van der Waals surface area contributed by atoms with Gasteiger partial charge in [0.05, 0.1) is 11.5 Å². The summed E-state index contributed by atoms with van der Waals surface area (Å²) >= 11 is 1.64. The van der Waals surface area contributed by atoms with E-state index in [0.29, 0.717) is 18.6 Å². The molecule has 1 unspecified atom stereocenters. The van der Waals surface area contributed by atoms with Gasteiger partial charge in [-0.05, 0) is 18.6 Å². The lowest BCUT2D eigenvalue weighted by Gasteiger charge is -2.23. The molecule has 1 aliphatic rings. The molecule has 1 fully saturated rings. The van der Waals surface area contributed by atoms with Crippen molar-refractivity contribution in [3.8, 4) is 0 Å². The van der Waals surface area contributed by atoms with Crippen LogP contribution in [0.1, 0.15) is 12.8 Å². The monoisotopic (exact) mass is 313 g/mol. The van der Waals surface area contributed by atoms with Crippen LogP contribution in [0.25, 0.3) is 0 Å². The highest BCUT2D eigenvalue weighted by molar-refractivity contribution is 7.99. The zero-order valence-corrected chi connectivity index (χ0v) is 13.1. The van der Waals surface area contributed by atoms with E-state index < -0.39 is 9.84 Å². The molecule has 0 aromatic heterocycles. The lowest BCUT2D eigenvalue weighted by atomic mass is 10.2. The average Bonchev–Trinajstić information content (AvgIpc) is 2.79. The number of benzene rings is 1. The fourth-order valence-electron chi connectivity index (χ4n) is 2.23. The van der Waals surface area contributed by atoms with Crippen LogP contribution in [0.15, 0.2) is 35.2 Å². The van der Waals surface area contributed by atoms with E-state index in [4.69, 9.17) is 0 Å². The zero-order valence-electron chi connectivity index (χ0n) is 11.5. The van der Waals surface area contributed by atoms with E-state index in [-0.39, 0.29) is 23.5 Å². The number of amides is 1. The Morgan fingerprint density at radius 3 is 2.65 bits per heavy atom. The number of carbonyl (C=O) groups excluding carboxylic acids is 1. The van der Waals surface area contributed by atoms with E-state index in [9.17, 15) is 13.2 Å². The van der Waals surface area contributed by atoms with Crippen molar-refractivity contribution in [1.29, 1.82) is 0 Å². The second-order valence-electron chi connectivity index (χ2n) is 4.97. The van der Waals surface area contributed by atoms with Crippen LogP contribution in [0.5, 0.6) is 0 Å². The number of rotatable bonds is 5. The van der Waals surface area contributed by atoms with Crippen molar-refractivity contribution in [2.45, 2.75) is 23.8 Å². The minimum Gasteiger partial charge on any atom is -0.342 e. The molecule has 2 rings (SSSR count). The van der Waals surface area contributed by atoms with Gasteiger partial charge in [-0.15, -0.1) is 11.8 Å². The molecule has 0 bridgehead atoms. The first-order valence-electron chi connectivity index (χ1n) is 6.62. The summed E-state index contributed by atoms with van der Waals surface area (Å²) in [5, 5.41) is 0. The maximum absolute atomic E-state index is 12.0. The summed E-state index contributed by atoms with van der Waals surface area (Å²) in [6, 6.07) is 9.79. The number of thioether (sulfide) groups is 1. The van der Waals surface area contributed by atoms with Crippen LogP contribution in [0.2, 0.25) is 0 Å². The highest BCUT2D eigenvalue weighted by Crippen LogP contribution is 2.20. The van der Waals surface area contributed by atoms with E-state index in [0.717, 1.165) is 4.90 Å². The van der Waals surface area contributed by atoms with E-state index >= 15 is 0 Å². The van der Waals surface area contributed by atoms with Gasteiger partial charge in [0.25, 0.3) is 0 Å². The van der Waals surface area contributed by atoms with Gasteiger partial charge in [-0.25, -0.2) is 8.42 Å². The molecule has 0 saturated carbocycles. The molecule has 1 atom stereocenters. The molecule has 1 aliphatic heterocycles. The second kappa shape index (κ2) is 6.63. The molecule has 110 valence electrons. The standard InChI is InChI=1S/C14H19NO3S2/c1-15(12-8-10-20(17,18)11-12)14(16)7-9-19-13-5-3-2-4-6-13/h2-6,12H,7-11H2,1H3. The minimum atomic E-state index is -2.94. The Kier molecular flexibility index (Phi) is 5.10. The van der Waals surface area contributed by atoms with E-state index in [1.807, 2.05) is 30.3 Å². The van der Waals surface area contributed by atoms with Gasteiger partial charge in [-0.3, -0.25) is 4.79 Å². The van der Waals surface area contributed by atoms with Crippen molar-refractivity contribution in [2.24, 2.45) is 0 Å². The van der Waals surface area contributed by atoms with Gasteiger partial charge in [0, 0.05) is 30.2 Å². The molecule has 1 amide bonds. The molecule has 1 saturated heterocycles. The van der Waals surface area contributed by atoms with Gasteiger partial charge in [0.1, 0.15) is 0 Å². The normalized spacial score (nSPS) is 20.8. The van der Waals surface area contributed by atoms with E-state index in [1.54, 1.807) is 23.7 Å². The lowest BCUT2D eigenvalue weighted by molar-refractivity contribution is -0.131. The fraction of sp³-hybridized carbons (Fsp3) is 0.500. The van der Waals surface area contributed by atoms with Crippen molar-refractivity contribution in [1.82, 2.24) is 4.90 Å². The Morgan fingerprint density at radius 2 is 2.05 bits per heavy atom. The fourth-order valence-corrected chi connectivity index (χ4v) is 4.87. The van der Waals surface area contributed by atoms with Crippen LogP contribution in [0, 0.1) is 0 Å². The van der Waals surface area contributed by atoms with Crippen LogP contribution in [-0.2, 0) is 14.6 Å². The third-order valence-electron chi connectivity index (χ3n) is 3.48. The van der Waals surface area contributed by atoms with Gasteiger partial charge in [0.2, 0.25) is 5.91 Å². The van der Waals surface area contributed by atoms with Crippen molar-refractivity contribution in [3.05, 3.63) is 30.3 Å². The third kappa shape index (κ3) is 4.24. The quantitative estimate of drug-likeness (QED) is 0.778. The highest BCUT2D eigenvalue weighted by Gasteiger charge is 2.32. The van der Waals surface area contributed by atoms with E-state index in [1.165, 1.54) is 0 Å².